The summed E-state index contributed by atoms with van der Waals surface area (Å²) >= 11 is 0. The van der Waals surface area contributed by atoms with E-state index < -0.39 is 12.1 Å². The van der Waals surface area contributed by atoms with Crippen molar-refractivity contribution in [2.24, 2.45) is 0 Å². The summed E-state index contributed by atoms with van der Waals surface area (Å²) in [5.74, 6) is -0.833. The lowest BCUT2D eigenvalue weighted by Crippen LogP contribution is -2.10. The summed E-state index contributed by atoms with van der Waals surface area (Å²) in [6.45, 7) is 3.26. The molecule has 1 unspecified atom stereocenters. The Kier molecular flexibility index (Phi) is 21.9. The average molecular weight is 318 g/mol. The van der Waals surface area contributed by atoms with Crippen molar-refractivity contribution in [3.8, 4) is 0 Å². The molecule has 0 radical (unpaired) electrons. The first kappa shape index (κ1) is 23.7. The normalized spacial score (nSPS) is 11.6. The van der Waals surface area contributed by atoms with Gasteiger partial charge in [0.2, 0.25) is 0 Å². The lowest BCUT2D eigenvalue weighted by molar-refractivity contribution is -0.134. The molecule has 22 heavy (non-hydrogen) atoms. The highest BCUT2D eigenvalue weighted by Crippen LogP contribution is 2.12. The molecule has 0 amide bonds. The van der Waals surface area contributed by atoms with Crippen molar-refractivity contribution >= 4 is 5.97 Å². The molecule has 3 N–H and O–H groups in total. The van der Waals surface area contributed by atoms with Crippen LogP contribution in [0.2, 0.25) is 0 Å². The van der Waals surface area contributed by atoms with E-state index in [1.807, 2.05) is 0 Å². The average Bonchev–Trinajstić information content (AvgIpc) is 2.47. The summed E-state index contributed by atoms with van der Waals surface area (Å²) in [5.41, 5.74) is 0. The van der Waals surface area contributed by atoms with Crippen molar-refractivity contribution in [3.63, 3.8) is 0 Å². The third-order valence-corrected chi connectivity index (χ3v) is 3.60. The first-order valence-corrected chi connectivity index (χ1v) is 9.03. The molecule has 0 heterocycles. The molecule has 0 aliphatic rings. The van der Waals surface area contributed by atoms with E-state index in [0.29, 0.717) is 0 Å². The summed E-state index contributed by atoms with van der Waals surface area (Å²) in [4.78, 5) is 9.00. The van der Waals surface area contributed by atoms with E-state index in [2.05, 4.69) is 6.92 Å². The van der Waals surface area contributed by atoms with Gasteiger partial charge in [0.25, 0.3) is 5.97 Å². The number of carboxylic acids is 1. The quantitative estimate of drug-likeness (QED) is 0.411. The van der Waals surface area contributed by atoms with Crippen LogP contribution < -0.4 is 0 Å². The lowest BCUT2D eigenvalue weighted by Gasteiger charge is -2.06. The van der Waals surface area contributed by atoms with Gasteiger partial charge in [-0.3, -0.25) is 4.79 Å². The monoisotopic (exact) mass is 318 g/mol. The van der Waals surface area contributed by atoms with Gasteiger partial charge in [0.05, 0.1) is 12.7 Å². The first-order chi connectivity index (χ1) is 10.5. The molecule has 4 heteroatoms. The standard InChI is InChI=1S/C16H34O2.C2H4O2/c1-2-3-4-5-6-7-8-9-10-11-12-13-14-16(18)15-17;1-2(3)4/h16-18H,2-15H2,1H3;1H3,(H,3,4). The zero-order valence-corrected chi connectivity index (χ0v) is 14.7. The smallest absolute Gasteiger partial charge is 0.300 e. The van der Waals surface area contributed by atoms with Gasteiger partial charge in [-0.1, -0.05) is 84.0 Å². The minimum absolute atomic E-state index is 0.0853. The summed E-state index contributed by atoms with van der Waals surface area (Å²) in [7, 11) is 0. The van der Waals surface area contributed by atoms with Crippen LogP contribution in [0, 0.1) is 0 Å². The maximum absolute atomic E-state index is 9.17. The topological polar surface area (TPSA) is 77.8 Å². The molecule has 0 spiro atoms. The molecule has 0 aliphatic carbocycles. The van der Waals surface area contributed by atoms with E-state index in [1.54, 1.807) is 0 Å². The molecule has 1 atom stereocenters. The summed E-state index contributed by atoms with van der Waals surface area (Å²) in [6, 6.07) is 0. The van der Waals surface area contributed by atoms with Crippen LogP contribution in [0.1, 0.15) is 97.3 Å². The molecule has 0 aromatic heterocycles. The fourth-order valence-corrected chi connectivity index (χ4v) is 2.31. The molecule has 0 saturated heterocycles. The highest BCUT2D eigenvalue weighted by Gasteiger charge is 2.00. The molecule has 134 valence electrons. The Morgan fingerprint density at radius 3 is 1.45 bits per heavy atom. The maximum atomic E-state index is 9.17. The summed E-state index contributed by atoms with van der Waals surface area (Å²) in [5, 5.41) is 25.2. The molecule has 0 aliphatic heterocycles. The van der Waals surface area contributed by atoms with Gasteiger partial charge in [0.1, 0.15) is 0 Å². The Morgan fingerprint density at radius 1 is 0.818 bits per heavy atom. The van der Waals surface area contributed by atoms with Gasteiger partial charge in [0, 0.05) is 6.92 Å². The fraction of sp³-hybridized carbons (Fsp3) is 0.944. The van der Waals surface area contributed by atoms with Gasteiger partial charge in [-0.05, 0) is 6.42 Å². The van der Waals surface area contributed by atoms with Crippen LogP contribution in [0.5, 0.6) is 0 Å². The van der Waals surface area contributed by atoms with E-state index >= 15 is 0 Å². The van der Waals surface area contributed by atoms with Gasteiger partial charge in [-0.25, -0.2) is 0 Å². The summed E-state index contributed by atoms with van der Waals surface area (Å²) in [6.07, 6.45) is 16.3. The lowest BCUT2D eigenvalue weighted by atomic mass is 10.0. The predicted octanol–water partition coefficient (Wildman–Crippen LogP) is 4.52. The largest absolute Gasteiger partial charge is 0.481 e. The van der Waals surface area contributed by atoms with Crippen molar-refractivity contribution < 1.29 is 20.1 Å². The SMILES string of the molecule is CC(=O)O.CCCCCCCCCCCCCCC(O)CO. The summed E-state index contributed by atoms with van der Waals surface area (Å²) < 4.78 is 0. The Hall–Kier alpha value is -0.610. The van der Waals surface area contributed by atoms with Crippen LogP contribution in [-0.2, 0) is 4.79 Å². The van der Waals surface area contributed by atoms with Crippen molar-refractivity contribution in [1.82, 2.24) is 0 Å². The van der Waals surface area contributed by atoms with Crippen LogP contribution in [0.4, 0.5) is 0 Å². The number of aliphatic carboxylic acids is 1. The second-order valence-corrected chi connectivity index (χ2v) is 6.03. The number of aliphatic hydroxyl groups is 2. The molecule has 0 rings (SSSR count). The number of unbranched alkanes of at least 4 members (excludes halogenated alkanes) is 11. The fourth-order valence-electron chi connectivity index (χ4n) is 2.31. The zero-order chi connectivity index (χ0) is 17.1. The van der Waals surface area contributed by atoms with Crippen LogP contribution in [0.15, 0.2) is 0 Å². The molecular weight excluding hydrogens is 280 g/mol. The van der Waals surface area contributed by atoms with Crippen LogP contribution in [0.3, 0.4) is 0 Å². The first-order valence-electron chi connectivity index (χ1n) is 9.03. The van der Waals surface area contributed by atoms with E-state index in [1.165, 1.54) is 70.6 Å². The van der Waals surface area contributed by atoms with Crippen LogP contribution >= 0.6 is 0 Å². The van der Waals surface area contributed by atoms with E-state index in [4.69, 9.17) is 20.1 Å². The number of aliphatic hydroxyl groups excluding tert-OH is 2. The Bertz CT molecular complexity index is 215. The second kappa shape index (κ2) is 20.4. The minimum Gasteiger partial charge on any atom is -0.481 e. The number of carboxylic acid groups (broad SMARTS) is 1. The molecule has 0 aromatic rings. The second-order valence-electron chi connectivity index (χ2n) is 6.03. The highest BCUT2D eigenvalue weighted by molar-refractivity contribution is 5.62. The number of carbonyl (C=O) groups is 1. The number of hydrogen-bond acceptors (Lipinski definition) is 3. The third-order valence-electron chi connectivity index (χ3n) is 3.60. The molecule has 4 nitrogen and oxygen atoms in total. The van der Waals surface area contributed by atoms with Gasteiger partial charge in [0.15, 0.2) is 0 Å². The van der Waals surface area contributed by atoms with Crippen molar-refractivity contribution in [2.45, 2.75) is 103 Å². The highest BCUT2D eigenvalue weighted by atomic mass is 16.4. The molecule has 0 fully saturated rings. The van der Waals surface area contributed by atoms with Gasteiger partial charge in [-0.2, -0.15) is 0 Å². The van der Waals surface area contributed by atoms with E-state index in [9.17, 15) is 0 Å². The molecule has 0 aromatic carbocycles. The molecule has 0 saturated carbocycles. The van der Waals surface area contributed by atoms with Crippen molar-refractivity contribution in [2.75, 3.05) is 6.61 Å². The number of hydrogen-bond donors (Lipinski definition) is 3. The number of rotatable bonds is 14. The Labute approximate surface area is 136 Å². The van der Waals surface area contributed by atoms with Crippen molar-refractivity contribution in [3.05, 3.63) is 0 Å². The zero-order valence-electron chi connectivity index (χ0n) is 14.7. The van der Waals surface area contributed by atoms with Gasteiger partial charge < -0.3 is 15.3 Å². The predicted molar refractivity (Wildman–Crippen MR) is 92.1 cm³/mol. The van der Waals surface area contributed by atoms with Crippen molar-refractivity contribution in [1.29, 1.82) is 0 Å². The van der Waals surface area contributed by atoms with Gasteiger partial charge in [-0.15, -0.1) is 0 Å². The molecule has 0 bridgehead atoms. The van der Waals surface area contributed by atoms with E-state index in [0.717, 1.165) is 19.8 Å². The minimum atomic E-state index is -0.833. The Morgan fingerprint density at radius 2 is 1.14 bits per heavy atom. The van der Waals surface area contributed by atoms with Gasteiger partial charge >= 0.3 is 0 Å². The molecular formula is C18H38O4. The van der Waals surface area contributed by atoms with E-state index in [-0.39, 0.29) is 6.61 Å². The Balaban J connectivity index is 0. The van der Waals surface area contributed by atoms with Crippen LogP contribution in [0.25, 0.3) is 0 Å². The maximum Gasteiger partial charge on any atom is 0.300 e. The van der Waals surface area contributed by atoms with Crippen LogP contribution in [-0.4, -0.2) is 34.0 Å². The third kappa shape index (κ3) is 27.7.